The Morgan fingerprint density at radius 2 is 1.75 bits per heavy atom. The van der Waals surface area contributed by atoms with Crippen molar-refractivity contribution < 1.29 is 23.7 Å². The summed E-state index contributed by atoms with van der Waals surface area (Å²) in [6, 6.07) is 11.8. The van der Waals surface area contributed by atoms with Gasteiger partial charge < -0.3 is 23.5 Å². The van der Waals surface area contributed by atoms with Crippen LogP contribution in [0.2, 0.25) is 0 Å². The van der Waals surface area contributed by atoms with Crippen LogP contribution in [0.4, 0.5) is 0 Å². The van der Waals surface area contributed by atoms with E-state index < -0.39 is 0 Å². The summed E-state index contributed by atoms with van der Waals surface area (Å²) in [4.78, 5) is 13.4. The molecule has 0 atom stereocenters. The van der Waals surface area contributed by atoms with Gasteiger partial charge in [-0.25, -0.2) is 4.79 Å². The molecule has 6 heteroatoms. The van der Waals surface area contributed by atoms with Crippen LogP contribution in [0.25, 0.3) is 22.4 Å². The van der Waals surface area contributed by atoms with E-state index >= 15 is 0 Å². The zero-order valence-corrected chi connectivity index (χ0v) is 19.3. The van der Waals surface area contributed by atoms with Crippen molar-refractivity contribution in [1.82, 2.24) is 4.57 Å². The highest BCUT2D eigenvalue weighted by molar-refractivity contribution is 6.05. The van der Waals surface area contributed by atoms with E-state index in [0.717, 1.165) is 58.8 Å². The molecule has 0 amide bonds. The van der Waals surface area contributed by atoms with Gasteiger partial charge in [-0.05, 0) is 55.2 Å². The highest BCUT2D eigenvalue weighted by Gasteiger charge is 2.33. The number of hydrogen-bond acceptors (Lipinski definition) is 5. The van der Waals surface area contributed by atoms with Gasteiger partial charge in [-0.3, -0.25) is 0 Å². The summed E-state index contributed by atoms with van der Waals surface area (Å²) in [5.74, 6) is 1.75. The molecule has 0 fully saturated rings. The van der Waals surface area contributed by atoms with Gasteiger partial charge in [0.25, 0.3) is 0 Å². The zero-order valence-electron chi connectivity index (χ0n) is 19.3. The maximum atomic E-state index is 13.4. The molecule has 2 aromatic carbocycles. The summed E-state index contributed by atoms with van der Waals surface area (Å²) in [6.45, 7) is 5.03. The Balaban J connectivity index is 2.06. The Morgan fingerprint density at radius 1 is 1.00 bits per heavy atom. The predicted octanol–water partition coefficient (Wildman–Crippen LogP) is 5.14. The van der Waals surface area contributed by atoms with Crippen molar-refractivity contribution in [3.8, 4) is 39.6 Å². The first-order valence-corrected chi connectivity index (χ1v) is 10.9. The standard InChI is InChI=1S/C26H29NO5/c1-6-20-23(17-9-8-10-18(13-17)29-3)24(26(28)32-7-2)25-19-15-22(31-5)21(30-4)14-16(19)11-12-27(20)25/h8-10,13-15H,6-7,11-12H2,1-5H3. The third kappa shape index (κ3) is 3.49. The highest BCUT2D eigenvalue weighted by Crippen LogP contribution is 2.46. The monoisotopic (exact) mass is 435 g/mol. The fraction of sp³-hybridized carbons (Fsp3) is 0.346. The summed E-state index contributed by atoms with van der Waals surface area (Å²) in [6.07, 6.45) is 1.62. The number of methoxy groups -OCH3 is 3. The van der Waals surface area contributed by atoms with Crippen molar-refractivity contribution in [1.29, 1.82) is 0 Å². The summed E-state index contributed by atoms with van der Waals surface area (Å²) >= 11 is 0. The second-order valence-corrected chi connectivity index (χ2v) is 7.62. The number of carbonyl (C=O) groups excluding carboxylic acids is 1. The molecule has 0 aliphatic carbocycles. The van der Waals surface area contributed by atoms with E-state index in [1.807, 2.05) is 43.3 Å². The number of aromatic nitrogens is 1. The Labute approximate surface area is 188 Å². The van der Waals surface area contributed by atoms with Gasteiger partial charge in [0, 0.05) is 23.4 Å². The zero-order chi connectivity index (χ0) is 22.8. The summed E-state index contributed by atoms with van der Waals surface area (Å²) in [5, 5.41) is 0. The maximum Gasteiger partial charge on any atom is 0.340 e. The molecule has 0 saturated heterocycles. The lowest BCUT2D eigenvalue weighted by Gasteiger charge is -2.23. The van der Waals surface area contributed by atoms with Gasteiger partial charge in [0.15, 0.2) is 11.5 Å². The van der Waals surface area contributed by atoms with E-state index in [0.29, 0.717) is 23.7 Å². The lowest BCUT2D eigenvalue weighted by Crippen LogP contribution is -2.15. The Morgan fingerprint density at radius 3 is 2.41 bits per heavy atom. The van der Waals surface area contributed by atoms with E-state index in [2.05, 4.69) is 11.5 Å². The molecule has 0 unspecified atom stereocenters. The molecule has 1 aromatic heterocycles. The fourth-order valence-electron chi connectivity index (χ4n) is 4.63. The van der Waals surface area contributed by atoms with Crippen LogP contribution in [-0.2, 0) is 24.1 Å². The number of ether oxygens (including phenoxy) is 4. The summed E-state index contributed by atoms with van der Waals surface area (Å²) in [7, 11) is 4.90. The third-order valence-electron chi connectivity index (χ3n) is 6.01. The van der Waals surface area contributed by atoms with Gasteiger partial charge in [-0.15, -0.1) is 0 Å². The van der Waals surface area contributed by atoms with Gasteiger partial charge in [-0.1, -0.05) is 19.1 Å². The number of rotatable bonds is 7. The molecule has 2 heterocycles. The SMILES string of the molecule is CCOC(=O)c1c(-c2cccc(OC)c2)c(CC)n2c1-c1cc(OC)c(OC)cc1CC2. The molecule has 0 saturated carbocycles. The normalized spacial score (nSPS) is 12.0. The number of hydrogen-bond donors (Lipinski definition) is 0. The van der Waals surface area contributed by atoms with Crippen LogP contribution >= 0.6 is 0 Å². The minimum Gasteiger partial charge on any atom is -0.497 e. The first-order chi connectivity index (χ1) is 15.6. The lowest BCUT2D eigenvalue weighted by atomic mass is 9.93. The number of esters is 1. The Kier molecular flexibility index (Phi) is 6.12. The van der Waals surface area contributed by atoms with Crippen molar-refractivity contribution in [3.05, 3.63) is 53.2 Å². The average molecular weight is 436 g/mol. The first-order valence-electron chi connectivity index (χ1n) is 10.9. The van der Waals surface area contributed by atoms with Gasteiger partial charge in [0.05, 0.1) is 39.2 Å². The second kappa shape index (κ2) is 8.99. The summed E-state index contributed by atoms with van der Waals surface area (Å²) < 4.78 is 24.4. The van der Waals surface area contributed by atoms with Crippen LogP contribution in [0.15, 0.2) is 36.4 Å². The lowest BCUT2D eigenvalue weighted by molar-refractivity contribution is 0.0528. The molecular weight excluding hydrogens is 406 g/mol. The quantitative estimate of drug-likeness (QED) is 0.481. The van der Waals surface area contributed by atoms with Crippen molar-refractivity contribution in [2.24, 2.45) is 0 Å². The number of fused-ring (bicyclic) bond motifs is 3. The van der Waals surface area contributed by atoms with Gasteiger partial charge in [0.1, 0.15) is 5.75 Å². The highest BCUT2D eigenvalue weighted by atomic mass is 16.5. The molecule has 168 valence electrons. The fourth-order valence-corrected chi connectivity index (χ4v) is 4.63. The van der Waals surface area contributed by atoms with Crippen LogP contribution in [0.3, 0.4) is 0 Å². The first kappa shape index (κ1) is 21.8. The maximum absolute atomic E-state index is 13.4. The van der Waals surface area contributed by atoms with Crippen molar-refractivity contribution >= 4 is 5.97 Å². The molecule has 0 bridgehead atoms. The molecule has 32 heavy (non-hydrogen) atoms. The van der Waals surface area contributed by atoms with Gasteiger partial charge in [-0.2, -0.15) is 0 Å². The number of aryl methyl sites for hydroxylation is 1. The molecule has 6 nitrogen and oxygen atoms in total. The van der Waals surface area contributed by atoms with E-state index in [9.17, 15) is 4.79 Å². The Hall–Kier alpha value is -3.41. The largest absolute Gasteiger partial charge is 0.497 e. The topological polar surface area (TPSA) is 58.9 Å². The minimum absolute atomic E-state index is 0.307. The molecule has 0 spiro atoms. The van der Waals surface area contributed by atoms with Crippen LogP contribution in [0.1, 0.15) is 35.5 Å². The number of nitrogens with zero attached hydrogens (tertiary/aromatic N) is 1. The van der Waals surface area contributed by atoms with Crippen LogP contribution in [0, 0.1) is 0 Å². The van der Waals surface area contributed by atoms with Crippen LogP contribution in [-0.4, -0.2) is 38.5 Å². The van der Waals surface area contributed by atoms with E-state index in [1.54, 1.807) is 21.3 Å². The predicted molar refractivity (Wildman–Crippen MR) is 124 cm³/mol. The van der Waals surface area contributed by atoms with Crippen LogP contribution in [0.5, 0.6) is 17.2 Å². The molecular formula is C26H29NO5. The van der Waals surface area contributed by atoms with Crippen molar-refractivity contribution in [3.63, 3.8) is 0 Å². The number of carbonyl (C=O) groups is 1. The molecule has 4 rings (SSSR count). The molecule has 0 N–H and O–H groups in total. The van der Waals surface area contributed by atoms with Gasteiger partial charge in [0.2, 0.25) is 0 Å². The second-order valence-electron chi connectivity index (χ2n) is 7.62. The molecule has 3 aromatic rings. The van der Waals surface area contributed by atoms with E-state index in [-0.39, 0.29) is 5.97 Å². The van der Waals surface area contributed by atoms with Gasteiger partial charge >= 0.3 is 5.97 Å². The minimum atomic E-state index is -0.323. The van der Waals surface area contributed by atoms with Crippen molar-refractivity contribution in [2.45, 2.75) is 33.2 Å². The Bertz CT molecular complexity index is 1160. The summed E-state index contributed by atoms with van der Waals surface area (Å²) in [5.41, 5.74) is 6.51. The van der Waals surface area contributed by atoms with E-state index in [1.165, 1.54) is 0 Å². The molecule has 1 aliphatic heterocycles. The average Bonchev–Trinajstić information content (AvgIpc) is 3.18. The smallest absolute Gasteiger partial charge is 0.340 e. The van der Waals surface area contributed by atoms with Crippen molar-refractivity contribution in [2.75, 3.05) is 27.9 Å². The number of benzene rings is 2. The third-order valence-corrected chi connectivity index (χ3v) is 6.01. The molecule has 0 radical (unpaired) electrons. The van der Waals surface area contributed by atoms with E-state index in [4.69, 9.17) is 18.9 Å². The molecule has 1 aliphatic rings. The van der Waals surface area contributed by atoms with Crippen LogP contribution < -0.4 is 14.2 Å².